The second-order valence-corrected chi connectivity index (χ2v) is 4.42. The number of nitrogens with two attached hydrogens (primary N) is 1. The molecule has 1 rings (SSSR count). The molecule has 0 amide bonds. The van der Waals surface area contributed by atoms with E-state index in [1.54, 1.807) is 0 Å². The monoisotopic (exact) mass is 218 g/mol. The quantitative estimate of drug-likeness (QED) is 0.723. The number of alkyl halides is 1. The van der Waals surface area contributed by atoms with Crippen LogP contribution in [0.25, 0.3) is 0 Å². The molecule has 0 aromatic heterocycles. The normalized spacial score (nSPS) is 11.5. The highest BCUT2D eigenvalue weighted by Crippen LogP contribution is 2.10. The zero-order valence-electron chi connectivity index (χ0n) is 7.40. The van der Waals surface area contributed by atoms with Crippen LogP contribution in [0, 0.1) is 0 Å². The Hall–Kier alpha value is -1.14. The summed E-state index contributed by atoms with van der Waals surface area (Å²) < 4.78 is 36.6. The van der Waals surface area contributed by atoms with E-state index >= 15 is 0 Å². The van der Waals surface area contributed by atoms with Crippen LogP contribution in [0.15, 0.2) is 29.2 Å². The fourth-order valence-corrected chi connectivity index (χ4v) is 1.91. The Morgan fingerprint density at radius 2 is 1.86 bits per heavy atom. The zero-order valence-corrected chi connectivity index (χ0v) is 8.22. The van der Waals surface area contributed by atoms with Crippen molar-refractivity contribution in [3.63, 3.8) is 0 Å². The fraction of sp³-hybridized carbons (Fsp3) is 0.250. The molecule has 0 fully saturated rings. The lowest BCUT2D eigenvalue weighted by atomic mass is 10.3. The summed E-state index contributed by atoms with van der Waals surface area (Å²) in [6.07, 6.45) is 0. The molecule has 0 heterocycles. The van der Waals surface area contributed by atoms with Crippen LogP contribution in [0.3, 0.4) is 0 Å². The smallest absolute Gasteiger partial charge is 0.240 e. The van der Waals surface area contributed by atoms with Gasteiger partial charge >= 0.3 is 0 Å². The molecule has 0 saturated heterocycles. The first-order chi connectivity index (χ1) is 6.56. The first-order valence-electron chi connectivity index (χ1n) is 3.97. The Balaban J connectivity index is 2.87. The second kappa shape index (κ2) is 4.39. The molecule has 0 atom stereocenters. The van der Waals surface area contributed by atoms with Crippen molar-refractivity contribution in [1.29, 1.82) is 0 Å². The molecule has 0 bridgehead atoms. The van der Waals surface area contributed by atoms with Crippen molar-refractivity contribution in [1.82, 2.24) is 4.72 Å². The van der Waals surface area contributed by atoms with Gasteiger partial charge in [0, 0.05) is 12.2 Å². The average molecular weight is 218 g/mol. The molecule has 0 radical (unpaired) electrons. The summed E-state index contributed by atoms with van der Waals surface area (Å²) in [4.78, 5) is 0.0835. The summed E-state index contributed by atoms with van der Waals surface area (Å²) in [6.45, 7) is -0.944. The molecule has 0 spiro atoms. The summed E-state index contributed by atoms with van der Waals surface area (Å²) in [5.74, 6) is 0. The molecule has 6 heteroatoms. The number of benzene rings is 1. The van der Waals surface area contributed by atoms with E-state index in [1.807, 2.05) is 0 Å². The van der Waals surface area contributed by atoms with E-state index in [0.717, 1.165) is 0 Å². The topological polar surface area (TPSA) is 72.2 Å². The van der Waals surface area contributed by atoms with Crippen LogP contribution in [-0.4, -0.2) is 21.6 Å². The van der Waals surface area contributed by atoms with E-state index in [1.165, 1.54) is 24.3 Å². The van der Waals surface area contributed by atoms with Gasteiger partial charge in [0.2, 0.25) is 10.0 Å². The van der Waals surface area contributed by atoms with Gasteiger partial charge in [0.25, 0.3) is 0 Å². The van der Waals surface area contributed by atoms with Gasteiger partial charge in [0.05, 0.1) is 4.90 Å². The molecule has 4 nitrogen and oxygen atoms in total. The van der Waals surface area contributed by atoms with Crippen molar-refractivity contribution < 1.29 is 12.8 Å². The van der Waals surface area contributed by atoms with Crippen LogP contribution in [0.1, 0.15) is 0 Å². The predicted molar refractivity (Wildman–Crippen MR) is 52.0 cm³/mol. The maximum atomic E-state index is 11.8. The molecular weight excluding hydrogens is 207 g/mol. The lowest BCUT2D eigenvalue weighted by Gasteiger charge is -2.04. The minimum atomic E-state index is -3.58. The van der Waals surface area contributed by atoms with E-state index < -0.39 is 16.7 Å². The van der Waals surface area contributed by atoms with Gasteiger partial charge in [-0.1, -0.05) is 0 Å². The summed E-state index contributed by atoms with van der Waals surface area (Å²) >= 11 is 0. The van der Waals surface area contributed by atoms with Gasteiger partial charge in [-0.05, 0) is 24.3 Å². The molecule has 0 unspecified atom stereocenters. The van der Waals surface area contributed by atoms with Crippen molar-refractivity contribution in [2.75, 3.05) is 19.0 Å². The predicted octanol–water partition coefficient (Wildman–Crippen LogP) is 0.517. The largest absolute Gasteiger partial charge is 0.399 e. The highest BCUT2D eigenvalue weighted by atomic mass is 32.2. The van der Waals surface area contributed by atoms with Crippen molar-refractivity contribution >= 4 is 15.7 Å². The van der Waals surface area contributed by atoms with Gasteiger partial charge in [-0.3, -0.25) is 0 Å². The van der Waals surface area contributed by atoms with Crippen molar-refractivity contribution in [3.8, 4) is 0 Å². The maximum Gasteiger partial charge on any atom is 0.240 e. The van der Waals surface area contributed by atoms with E-state index in [0.29, 0.717) is 5.69 Å². The molecule has 1 aromatic carbocycles. The van der Waals surface area contributed by atoms with Crippen molar-refractivity contribution in [2.45, 2.75) is 4.90 Å². The lowest BCUT2D eigenvalue weighted by Crippen LogP contribution is -2.25. The number of hydrogen-bond donors (Lipinski definition) is 2. The Morgan fingerprint density at radius 3 is 2.36 bits per heavy atom. The third-order valence-corrected chi connectivity index (χ3v) is 3.05. The Bertz CT molecular complexity index is 388. The molecule has 1 aromatic rings. The van der Waals surface area contributed by atoms with Crippen molar-refractivity contribution in [2.24, 2.45) is 0 Å². The summed E-state index contributed by atoms with van der Waals surface area (Å²) in [7, 11) is -3.58. The third-order valence-electron chi connectivity index (χ3n) is 1.58. The highest BCUT2D eigenvalue weighted by molar-refractivity contribution is 7.89. The number of sulfonamides is 1. The second-order valence-electron chi connectivity index (χ2n) is 2.66. The summed E-state index contributed by atoms with van der Waals surface area (Å²) in [5.41, 5.74) is 5.88. The summed E-state index contributed by atoms with van der Waals surface area (Å²) in [6, 6.07) is 5.69. The van der Waals surface area contributed by atoms with Crippen LogP contribution in [0.5, 0.6) is 0 Å². The number of nitrogen functional groups attached to an aromatic ring is 1. The van der Waals surface area contributed by atoms with E-state index in [9.17, 15) is 12.8 Å². The average Bonchev–Trinajstić information content (AvgIpc) is 2.16. The minimum absolute atomic E-state index is 0.0835. The van der Waals surface area contributed by atoms with Crippen molar-refractivity contribution in [3.05, 3.63) is 24.3 Å². The van der Waals surface area contributed by atoms with Crippen LogP contribution in [-0.2, 0) is 10.0 Å². The zero-order chi connectivity index (χ0) is 10.6. The van der Waals surface area contributed by atoms with Gasteiger partial charge in [-0.25, -0.2) is 17.5 Å². The maximum absolute atomic E-state index is 11.8. The molecule has 0 aliphatic heterocycles. The van der Waals surface area contributed by atoms with Crippen LogP contribution in [0.4, 0.5) is 10.1 Å². The summed E-state index contributed by atoms with van der Waals surface area (Å²) in [5, 5.41) is 0. The van der Waals surface area contributed by atoms with E-state index in [-0.39, 0.29) is 11.4 Å². The van der Waals surface area contributed by atoms with Crippen LogP contribution < -0.4 is 10.5 Å². The number of nitrogens with one attached hydrogen (secondary N) is 1. The Morgan fingerprint density at radius 1 is 1.29 bits per heavy atom. The van der Waals surface area contributed by atoms with Gasteiger partial charge in [-0.15, -0.1) is 0 Å². The number of halogens is 1. The number of anilines is 1. The molecule has 3 N–H and O–H groups in total. The Kier molecular flexibility index (Phi) is 3.43. The standard InChI is InChI=1S/C8H11FN2O2S/c9-5-6-11-14(12,13)8-3-1-7(10)2-4-8/h1-4,11H,5-6,10H2. The Labute approximate surface area is 82.0 Å². The molecule has 0 aliphatic carbocycles. The van der Waals surface area contributed by atoms with E-state index in [2.05, 4.69) is 4.72 Å². The lowest BCUT2D eigenvalue weighted by molar-refractivity contribution is 0.486. The molecular formula is C8H11FN2O2S. The third kappa shape index (κ3) is 2.68. The molecule has 0 aliphatic rings. The minimum Gasteiger partial charge on any atom is -0.399 e. The first-order valence-corrected chi connectivity index (χ1v) is 5.46. The van der Waals surface area contributed by atoms with E-state index in [4.69, 9.17) is 5.73 Å². The SMILES string of the molecule is Nc1ccc(S(=O)(=O)NCCF)cc1. The number of rotatable bonds is 4. The van der Waals surface area contributed by atoms with Gasteiger partial charge in [-0.2, -0.15) is 0 Å². The molecule has 0 saturated carbocycles. The van der Waals surface area contributed by atoms with Gasteiger partial charge < -0.3 is 5.73 Å². The highest BCUT2D eigenvalue weighted by Gasteiger charge is 2.12. The van der Waals surface area contributed by atoms with Crippen LogP contribution in [0.2, 0.25) is 0 Å². The first kappa shape index (κ1) is 10.9. The number of hydrogen-bond acceptors (Lipinski definition) is 3. The fourth-order valence-electron chi connectivity index (χ4n) is 0.903. The molecule has 14 heavy (non-hydrogen) atoms. The molecule has 78 valence electrons. The van der Waals surface area contributed by atoms with Crippen LogP contribution >= 0.6 is 0 Å². The van der Waals surface area contributed by atoms with Gasteiger partial charge in [0.1, 0.15) is 6.67 Å². The van der Waals surface area contributed by atoms with Gasteiger partial charge in [0.15, 0.2) is 0 Å².